The smallest absolute Gasteiger partial charge is 0.205 e. The van der Waals surface area contributed by atoms with Crippen LogP contribution in [0.2, 0.25) is 0 Å². The van der Waals surface area contributed by atoms with E-state index >= 15 is 0 Å². The number of hydrogen-bond acceptors (Lipinski definition) is 3. The SMILES string of the molecule is Cc1cnccc1Nc1nc2ccccc2[nH]1. The van der Waals surface area contributed by atoms with Crippen molar-refractivity contribution >= 4 is 22.7 Å². The molecule has 4 heteroatoms. The number of pyridine rings is 1. The maximum Gasteiger partial charge on any atom is 0.205 e. The summed E-state index contributed by atoms with van der Waals surface area (Å²) in [5.74, 6) is 0.750. The van der Waals surface area contributed by atoms with Crippen LogP contribution in [0.3, 0.4) is 0 Å². The number of aromatic amines is 1. The average Bonchev–Trinajstić information content (AvgIpc) is 2.74. The summed E-state index contributed by atoms with van der Waals surface area (Å²) in [6.45, 7) is 2.01. The molecule has 0 fully saturated rings. The molecular weight excluding hydrogens is 212 g/mol. The van der Waals surface area contributed by atoms with Gasteiger partial charge in [-0.3, -0.25) is 4.98 Å². The monoisotopic (exact) mass is 224 g/mol. The number of nitrogens with one attached hydrogen (secondary N) is 2. The van der Waals surface area contributed by atoms with Crippen molar-refractivity contribution in [1.29, 1.82) is 0 Å². The molecule has 84 valence electrons. The van der Waals surface area contributed by atoms with Crippen LogP contribution in [0.5, 0.6) is 0 Å². The summed E-state index contributed by atoms with van der Waals surface area (Å²) >= 11 is 0. The van der Waals surface area contributed by atoms with Crippen LogP contribution in [0, 0.1) is 6.92 Å². The van der Waals surface area contributed by atoms with Crippen molar-refractivity contribution in [1.82, 2.24) is 15.0 Å². The molecule has 0 aliphatic rings. The Morgan fingerprint density at radius 2 is 2.06 bits per heavy atom. The Morgan fingerprint density at radius 1 is 1.18 bits per heavy atom. The molecule has 1 aromatic carbocycles. The minimum Gasteiger partial charge on any atom is -0.325 e. The standard InChI is InChI=1S/C13H12N4/c1-9-8-14-7-6-10(9)15-13-16-11-4-2-3-5-12(11)17-13/h2-8H,1H3,(H2,14,15,16,17). The Labute approximate surface area is 98.7 Å². The zero-order valence-corrected chi connectivity index (χ0v) is 9.44. The maximum absolute atomic E-state index is 4.46. The lowest BCUT2D eigenvalue weighted by atomic mass is 10.3. The quantitative estimate of drug-likeness (QED) is 0.703. The van der Waals surface area contributed by atoms with Gasteiger partial charge in [0.2, 0.25) is 5.95 Å². The van der Waals surface area contributed by atoms with Crippen molar-refractivity contribution in [3.05, 3.63) is 48.3 Å². The van der Waals surface area contributed by atoms with Crippen molar-refractivity contribution in [2.45, 2.75) is 6.92 Å². The molecule has 0 radical (unpaired) electrons. The highest BCUT2D eigenvalue weighted by molar-refractivity contribution is 5.78. The molecule has 0 bridgehead atoms. The molecule has 3 aromatic rings. The van der Waals surface area contributed by atoms with E-state index < -0.39 is 0 Å². The first kappa shape index (κ1) is 9.84. The first-order valence-corrected chi connectivity index (χ1v) is 5.45. The topological polar surface area (TPSA) is 53.6 Å². The molecule has 4 nitrogen and oxygen atoms in total. The number of aryl methyl sites for hydroxylation is 1. The third kappa shape index (κ3) is 1.85. The van der Waals surface area contributed by atoms with Crippen LogP contribution in [0.15, 0.2) is 42.7 Å². The van der Waals surface area contributed by atoms with Gasteiger partial charge in [0, 0.05) is 18.1 Å². The van der Waals surface area contributed by atoms with Crippen molar-refractivity contribution < 1.29 is 0 Å². The summed E-state index contributed by atoms with van der Waals surface area (Å²) in [7, 11) is 0. The van der Waals surface area contributed by atoms with Gasteiger partial charge in [-0.25, -0.2) is 4.98 Å². The average molecular weight is 224 g/mol. The third-order valence-electron chi connectivity index (χ3n) is 2.66. The molecular formula is C13H12N4. The van der Waals surface area contributed by atoms with Crippen molar-refractivity contribution in [3.63, 3.8) is 0 Å². The van der Waals surface area contributed by atoms with Gasteiger partial charge in [0.15, 0.2) is 0 Å². The number of hydrogen-bond donors (Lipinski definition) is 2. The first-order chi connectivity index (χ1) is 8.33. The van der Waals surface area contributed by atoms with Crippen molar-refractivity contribution in [2.75, 3.05) is 5.32 Å². The summed E-state index contributed by atoms with van der Waals surface area (Å²) in [6, 6.07) is 9.89. The number of H-pyrrole nitrogens is 1. The molecule has 2 N–H and O–H groups in total. The molecule has 0 atom stereocenters. The molecule has 2 heterocycles. The van der Waals surface area contributed by atoms with Gasteiger partial charge in [0.05, 0.1) is 11.0 Å². The van der Waals surface area contributed by atoms with E-state index in [2.05, 4.69) is 20.3 Å². The molecule has 0 saturated heterocycles. The Bertz CT molecular complexity index is 624. The lowest BCUT2D eigenvalue weighted by Crippen LogP contribution is -1.94. The third-order valence-corrected chi connectivity index (χ3v) is 2.66. The fraction of sp³-hybridized carbons (Fsp3) is 0.0769. The highest BCUT2D eigenvalue weighted by Crippen LogP contribution is 2.19. The molecule has 0 spiro atoms. The van der Waals surface area contributed by atoms with E-state index in [0.29, 0.717) is 0 Å². The normalized spacial score (nSPS) is 10.6. The number of fused-ring (bicyclic) bond motifs is 1. The molecule has 3 rings (SSSR count). The van der Waals surface area contributed by atoms with E-state index in [1.807, 2.05) is 43.5 Å². The molecule has 0 aliphatic carbocycles. The van der Waals surface area contributed by atoms with Crippen LogP contribution in [0.4, 0.5) is 11.6 Å². The van der Waals surface area contributed by atoms with Crippen molar-refractivity contribution in [3.8, 4) is 0 Å². The van der Waals surface area contributed by atoms with Gasteiger partial charge in [0.1, 0.15) is 0 Å². The van der Waals surface area contributed by atoms with E-state index in [0.717, 1.165) is 28.2 Å². The number of nitrogens with zero attached hydrogens (tertiary/aromatic N) is 2. The maximum atomic E-state index is 4.46. The summed E-state index contributed by atoms with van der Waals surface area (Å²) in [6.07, 6.45) is 3.59. The Balaban J connectivity index is 1.98. The summed E-state index contributed by atoms with van der Waals surface area (Å²) in [5, 5.41) is 3.25. The minimum absolute atomic E-state index is 0.750. The highest BCUT2D eigenvalue weighted by atomic mass is 15.1. The van der Waals surface area contributed by atoms with E-state index in [-0.39, 0.29) is 0 Å². The second-order valence-corrected chi connectivity index (χ2v) is 3.92. The zero-order valence-electron chi connectivity index (χ0n) is 9.44. The minimum atomic E-state index is 0.750. The Kier molecular flexibility index (Phi) is 2.26. The molecule has 0 unspecified atom stereocenters. The summed E-state index contributed by atoms with van der Waals surface area (Å²) in [4.78, 5) is 11.7. The molecule has 2 aromatic heterocycles. The van der Waals surface area contributed by atoms with Crippen LogP contribution in [0.1, 0.15) is 5.56 Å². The van der Waals surface area contributed by atoms with Crippen LogP contribution in [-0.2, 0) is 0 Å². The second-order valence-electron chi connectivity index (χ2n) is 3.92. The predicted octanol–water partition coefficient (Wildman–Crippen LogP) is 3.01. The van der Waals surface area contributed by atoms with Crippen LogP contribution < -0.4 is 5.32 Å². The van der Waals surface area contributed by atoms with Crippen molar-refractivity contribution in [2.24, 2.45) is 0 Å². The molecule has 0 amide bonds. The zero-order chi connectivity index (χ0) is 11.7. The highest BCUT2D eigenvalue weighted by Gasteiger charge is 2.03. The number of rotatable bonds is 2. The van der Waals surface area contributed by atoms with Crippen LogP contribution >= 0.6 is 0 Å². The van der Waals surface area contributed by atoms with Gasteiger partial charge in [-0.1, -0.05) is 12.1 Å². The van der Waals surface area contributed by atoms with Gasteiger partial charge in [-0.2, -0.15) is 0 Å². The molecule has 17 heavy (non-hydrogen) atoms. The Hall–Kier alpha value is -2.36. The van der Waals surface area contributed by atoms with Gasteiger partial charge in [0.25, 0.3) is 0 Å². The van der Waals surface area contributed by atoms with Crippen LogP contribution in [0.25, 0.3) is 11.0 Å². The van der Waals surface area contributed by atoms with E-state index in [9.17, 15) is 0 Å². The van der Waals surface area contributed by atoms with Crippen LogP contribution in [-0.4, -0.2) is 15.0 Å². The largest absolute Gasteiger partial charge is 0.325 e. The number of aromatic nitrogens is 3. The van der Waals surface area contributed by atoms with E-state index in [1.165, 1.54) is 0 Å². The molecule has 0 aliphatic heterocycles. The second kappa shape index (κ2) is 3.90. The number of benzene rings is 1. The molecule has 0 saturated carbocycles. The first-order valence-electron chi connectivity index (χ1n) is 5.45. The van der Waals surface area contributed by atoms with Gasteiger partial charge >= 0.3 is 0 Å². The van der Waals surface area contributed by atoms with E-state index in [1.54, 1.807) is 6.20 Å². The van der Waals surface area contributed by atoms with Gasteiger partial charge < -0.3 is 10.3 Å². The fourth-order valence-corrected chi connectivity index (χ4v) is 1.75. The number of para-hydroxylation sites is 2. The fourth-order valence-electron chi connectivity index (χ4n) is 1.75. The predicted molar refractivity (Wildman–Crippen MR) is 68.4 cm³/mol. The van der Waals surface area contributed by atoms with Gasteiger partial charge in [-0.15, -0.1) is 0 Å². The lowest BCUT2D eigenvalue weighted by molar-refractivity contribution is 1.24. The van der Waals surface area contributed by atoms with E-state index in [4.69, 9.17) is 0 Å². The summed E-state index contributed by atoms with van der Waals surface area (Å²) in [5.41, 5.74) is 4.09. The van der Waals surface area contributed by atoms with Gasteiger partial charge in [-0.05, 0) is 30.7 Å². The summed E-state index contributed by atoms with van der Waals surface area (Å²) < 4.78 is 0. The lowest BCUT2D eigenvalue weighted by Gasteiger charge is -2.04. The number of imidazole rings is 1. The Morgan fingerprint density at radius 3 is 2.88 bits per heavy atom. The number of anilines is 2.